The monoisotopic (exact) mass is 151 g/mol. The standard InChI is InChI=1S/CHN3O4S/c2-1-3-9(7,8)4(5)6/h3H. The third kappa shape index (κ3) is 1.92. The fourth-order valence-corrected chi connectivity index (χ4v) is 0.285. The second-order valence-electron chi connectivity index (χ2n) is 0.913. The van der Waals surface area contributed by atoms with E-state index in [1.54, 1.807) is 0 Å². The van der Waals surface area contributed by atoms with Gasteiger partial charge in [0.2, 0.25) is 0 Å². The van der Waals surface area contributed by atoms with E-state index in [0.29, 0.717) is 0 Å². The van der Waals surface area contributed by atoms with Crippen molar-refractivity contribution >= 4 is 10.2 Å². The van der Waals surface area contributed by atoms with Crippen LogP contribution < -0.4 is 4.72 Å². The fraction of sp³-hybridized carbons (Fsp3) is 0. The van der Waals surface area contributed by atoms with Crippen LogP contribution in [-0.4, -0.2) is 12.7 Å². The van der Waals surface area contributed by atoms with Crippen LogP contribution in [0.2, 0.25) is 0 Å². The molecule has 0 heterocycles. The van der Waals surface area contributed by atoms with Crippen LogP contribution in [-0.2, 0) is 10.2 Å². The Kier molecular flexibility index (Phi) is 1.93. The van der Waals surface area contributed by atoms with Crippen molar-refractivity contribution < 1.29 is 12.7 Å². The van der Waals surface area contributed by atoms with Crippen LogP contribution in [0.25, 0.3) is 0 Å². The molecule has 0 unspecified atom stereocenters. The lowest BCUT2D eigenvalue weighted by Crippen LogP contribution is -2.25. The van der Waals surface area contributed by atoms with Gasteiger partial charge in [-0.25, -0.2) is 10.1 Å². The van der Waals surface area contributed by atoms with E-state index in [1.165, 1.54) is 0 Å². The summed E-state index contributed by atoms with van der Waals surface area (Å²) in [4.78, 5) is 9.41. The fourth-order valence-electron chi connectivity index (χ4n) is 0.0949. The molecule has 0 aliphatic carbocycles. The largest absolute Gasteiger partial charge is 0.530 e. The average molecular weight is 151 g/mol. The summed E-state index contributed by atoms with van der Waals surface area (Å²) in [6.07, 6.45) is 0.910. The summed E-state index contributed by atoms with van der Waals surface area (Å²) in [5.41, 5.74) is 0. The van der Waals surface area contributed by atoms with E-state index in [4.69, 9.17) is 5.26 Å². The summed E-state index contributed by atoms with van der Waals surface area (Å²) in [5, 5.41) is 17.0. The molecule has 0 saturated heterocycles. The van der Waals surface area contributed by atoms with Gasteiger partial charge in [-0.3, -0.25) is 0 Å². The van der Waals surface area contributed by atoms with Gasteiger partial charge < -0.3 is 0 Å². The maximum atomic E-state index is 9.90. The number of nitrogens with zero attached hydrogens (tertiary/aromatic N) is 2. The van der Waals surface area contributed by atoms with E-state index in [2.05, 4.69) is 0 Å². The number of hydrogen-bond acceptors (Lipinski definition) is 5. The molecule has 0 aliphatic rings. The molecule has 0 fully saturated rings. The molecule has 9 heavy (non-hydrogen) atoms. The van der Waals surface area contributed by atoms with Crippen LogP contribution in [0, 0.1) is 21.6 Å². The van der Waals surface area contributed by atoms with Crippen LogP contribution in [0.3, 0.4) is 0 Å². The Hall–Kier alpha value is -1.36. The Labute approximate surface area is 50.2 Å². The quantitative estimate of drug-likeness (QED) is 0.225. The highest BCUT2D eigenvalue weighted by Crippen LogP contribution is 1.79. The third-order valence-corrected chi connectivity index (χ3v) is 1.11. The van der Waals surface area contributed by atoms with E-state index in [-0.39, 0.29) is 0 Å². The Balaban J connectivity index is 4.48. The maximum absolute atomic E-state index is 9.90. The Morgan fingerprint density at radius 3 is 2.22 bits per heavy atom. The summed E-state index contributed by atoms with van der Waals surface area (Å²) in [7, 11) is -4.64. The summed E-state index contributed by atoms with van der Waals surface area (Å²) in [6.45, 7) is 0. The van der Waals surface area contributed by atoms with Gasteiger partial charge in [0.05, 0.1) is 0 Å². The molecule has 0 radical (unpaired) electrons. The minimum Gasteiger partial charge on any atom is -0.245 e. The van der Waals surface area contributed by atoms with Crippen molar-refractivity contribution in [2.45, 2.75) is 0 Å². The molecule has 8 heteroatoms. The van der Waals surface area contributed by atoms with E-state index in [9.17, 15) is 18.5 Å². The van der Waals surface area contributed by atoms with E-state index >= 15 is 0 Å². The summed E-state index contributed by atoms with van der Waals surface area (Å²) in [6, 6.07) is 0. The second kappa shape index (κ2) is 2.27. The number of nitriles is 1. The average Bonchev–Trinajstić information content (AvgIpc) is 1.65. The molecular formula is CHN3O4S. The molecule has 0 spiro atoms. The minimum absolute atomic E-state index is 0.910. The van der Waals surface area contributed by atoms with Crippen LogP contribution in [0.5, 0.6) is 0 Å². The predicted molar refractivity (Wildman–Crippen MR) is 24.7 cm³/mol. The zero-order valence-electron chi connectivity index (χ0n) is 3.94. The molecule has 0 rings (SSSR count). The van der Waals surface area contributed by atoms with Crippen LogP contribution in [0.15, 0.2) is 0 Å². The second-order valence-corrected chi connectivity index (χ2v) is 2.36. The Bertz CT molecular complexity index is 245. The van der Waals surface area contributed by atoms with E-state index in [1.807, 2.05) is 0 Å². The predicted octanol–water partition coefficient (Wildman–Crippen LogP) is -1.42. The van der Waals surface area contributed by atoms with Gasteiger partial charge in [0.25, 0.3) is 0 Å². The molecular weight excluding hydrogens is 150 g/mol. The number of rotatable bonds is 2. The molecule has 0 aliphatic heterocycles. The Morgan fingerprint density at radius 1 is 1.67 bits per heavy atom. The van der Waals surface area contributed by atoms with Crippen molar-refractivity contribution in [3.63, 3.8) is 0 Å². The van der Waals surface area contributed by atoms with Crippen molar-refractivity contribution in [1.29, 1.82) is 5.26 Å². The molecule has 0 aromatic rings. The lowest BCUT2D eigenvalue weighted by atomic mass is 11.5. The normalized spacial score (nSPS) is 9.67. The van der Waals surface area contributed by atoms with Crippen molar-refractivity contribution in [3.05, 3.63) is 10.1 Å². The number of nitro groups is 1. The van der Waals surface area contributed by atoms with Crippen molar-refractivity contribution in [2.24, 2.45) is 0 Å². The third-order valence-electron chi connectivity index (χ3n) is 0.371. The van der Waals surface area contributed by atoms with Gasteiger partial charge in [0.1, 0.15) is 0 Å². The first kappa shape index (κ1) is 7.64. The Morgan fingerprint density at radius 2 is 2.11 bits per heavy atom. The highest BCUT2D eigenvalue weighted by Gasteiger charge is 2.21. The maximum Gasteiger partial charge on any atom is 0.530 e. The summed E-state index contributed by atoms with van der Waals surface area (Å²) < 4.78 is 19.2. The number of nitrogens with one attached hydrogen (secondary N) is 1. The molecule has 0 aromatic heterocycles. The van der Waals surface area contributed by atoms with Crippen molar-refractivity contribution in [3.8, 4) is 6.19 Å². The molecule has 0 atom stereocenters. The van der Waals surface area contributed by atoms with Gasteiger partial charge in [-0.1, -0.05) is 0 Å². The first-order valence-electron chi connectivity index (χ1n) is 1.56. The molecule has 0 amide bonds. The van der Waals surface area contributed by atoms with Crippen LogP contribution in [0.4, 0.5) is 0 Å². The highest BCUT2D eigenvalue weighted by atomic mass is 32.2. The smallest absolute Gasteiger partial charge is 0.245 e. The molecule has 50 valence electrons. The lowest BCUT2D eigenvalue weighted by Gasteiger charge is -1.85. The van der Waals surface area contributed by atoms with Gasteiger partial charge in [0.15, 0.2) is 10.5 Å². The van der Waals surface area contributed by atoms with Gasteiger partial charge in [0, 0.05) is 0 Å². The SMILES string of the molecule is N#CNS(=O)(=O)[N+](=O)[O-]. The zero-order valence-corrected chi connectivity index (χ0v) is 4.75. The molecule has 7 nitrogen and oxygen atoms in total. The van der Waals surface area contributed by atoms with Gasteiger partial charge >= 0.3 is 10.2 Å². The van der Waals surface area contributed by atoms with Crippen LogP contribution >= 0.6 is 0 Å². The number of hydrogen-bond donors (Lipinski definition) is 1. The van der Waals surface area contributed by atoms with Crippen molar-refractivity contribution in [1.82, 2.24) is 4.72 Å². The molecule has 0 saturated carbocycles. The molecule has 0 aromatic carbocycles. The van der Waals surface area contributed by atoms with Gasteiger partial charge in [-0.05, 0) is 0 Å². The van der Waals surface area contributed by atoms with Crippen molar-refractivity contribution in [2.75, 3.05) is 0 Å². The zero-order chi connectivity index (χ0) is 7.49. The van der Waals surface area contributed by atoms with E-state index < -0.39 is 14.5 Å². The van der Waals surface area contributed by atoms with Crippen LogP contribution in [0.1, 0.15) is 0 Å². The topological polar surface area (TPSA) is 113 Å². The summed E-state index contributed by atoms with van der Waals surface area (Å²) in [5.74, 6) is 0. The lowest BCUT2D eigenvalue weighted by molar-refractivity contribution is -0.306. The molecule has 1 N–H and O–H groups in total. The highest BCUT2D eigenvalue weighted by molar-refractivity contribution is 7.83. The van der Waals surface area contributed by atoms with E-state index in [0.717, 1.165) is 10.9 Å². The first-order valence-corrected chi connectivity index (χ1v) is 3.00. The first-order chi connectivity index (χ1) is 4.00. The minimum atomic E-state index is -4.64. The van der Waals surface area contributed by atoms with Gasteiger partial charge in [-0.15, -0.1) is 8.42 Å². The van der Waals surface area contributed by atoms with Gasteiger partial charge in [-0.2, -0.15) is 9.98 Å². The summed E-state index contributed by atoms with van der Waals surface area (Å²) >= 11 is 0. The molecule has 0 bridgehead atoms.